The summed E-state index contributed by atoms with van der Waals surface area (Å²) in [6.45, 7) is 3.99. The molecule has 112 valence electrons. The molecular weight excluding hydrogens is 277 g/mol. The molecule has 0 saturated heterocycles. The van der Waals surface area contributed by atoms with Crippen LogP contribution in [0.4, 0.5) is 13.2 Å². The van der Waals surface area contributed by atoms with Gasteiger partial charge in [-0.05, 0) is 48.2 Å². The van der Waals surface area contributed by atoms with E-state index in [4.69, 9.17) is 0 Å². The Hall–Kier alpha value is -1.81. The van der Waals surface area contributed by atoms with E-state index in [9.17, 15) is 18.3 Å². The number of rotatable bonds is 3. The van der Waals surface area contributed by atoms with E-state index in [2.05, 4.69) is 0 Å². The van der Waals surface area contributed by atoms with Crippen molar-refractivity contribution in [2.75, 3.05) is 0 Å². The highest BCUT2D eigenvalue weighted by Crippen LogP contribution is 2.30. The highest BCUT2D eigenvalue weighted by molar-refractivity contribution is 5.32. The van der Waals surface area contributed by atoms with Gasteiger partial charge in [-0.15, -0.1) is 0 Å². The first kappa shape index (κ1) is 15.6. The summed E-state index contributed by atoms with van der Waals surface area (Å²) in [5.41, 5.74) is 3.05. The van der Waals surface area contributed by atoms with E-state index in [0.29, 0.717) is 12.0 Å². The van der Waals surface area contributed by atoms with Crippen LogP contribution < -0.4 is 0 Å². The van der Waals surface area contributed by atoms with Crippen LogP contribution in [0.25, 0.3) is 0 Å². The largest absolute Gasteiger partial charge is 0.416 e. The number of aryl methyl sites for hydroxylation is 2. The fourth-order valence-electron chi connectivity index (χ4n) is 2.17. The van der Waals surface area contributed by atoms with Gasteiger partial charge in [0.05, 0.1) is 11.7 Å². The van der Waals surface area contributed by atoms with Gasteiger partial charge in [-0.2, -0.15) is 13.2 Å². The third-order valence-electron chi connectivity index (χ3n) is 3.62. The van der Waals surface area contributed by atoms with Crippen LogP contribution >= 0.6 is 0 Å². The molecule has 0 aromatic heterocycles. The standard InChI is InChI=1S/C17H17F3O/c1-11-3-4-13(9-12(11)2)10-16(21)14-5-7-15(8-6-14)17(18,19)20/h3-9,16,21H,10H2,1-2H3. The SMILES string of the molecule is Cc1ccc(CC(O)c2ccc(C(F)(F)F)cc2)cc1C. The zero-order valence-corrected chi connectivity index (χ0v) is 11.9. The number of hydrogen-bond donors (Lipinski definition) is 1. The average molecular weight is 294 g/mol. The van der Waals surface area contributed by atoms with Crippen molar-refractivity contribution in [2.24, 2.45) is 0 Å². The van der Waals surface area contributed by atoms with E-state index < -0.39 is 17.8 Å². The molecule has 0 heterocycles. The maximum atomic E-state index is 12.5. The molecule has 1 N–H and O–H groups in total. The maximum Gasteiger partial charge on any atom is 0.416 e. The fraction of sp³-hybridized carbons (Fsp3) is 0.294. The van der Waals surface area contributed by atoms with Crippen LogP contribution in [0.5, 0.6) is 0 Å². The van der Waals surface area contributed by atoms with Gasteiger partial charge in [0.2, 0.25) is 0 Å². The molecule has 1 unspecified atom stereocenters. The summed E-state index contributed by atoms with van der Waals surface area (Å²) in [5.74, 6) is 0. The smallest absolute Gasteiger partial charge is 0.388 e. The Morgan fingerprint density at radius 1 is 0.952 bits per heavy atom. The molecule has 2 aromatic carbocycles. The minimum atomic E-state index is -4.35. The van der Waals surface area contributed by atoms with Crippen molar-refractivity contribution in [3.63, 3.8) is 0 Å². The van der Waals surface area contributed by atoms with Gasteiger partial charge >= 0.3 is 6.18 Å². The van der Waals surface area contributed by atoms with Crippen LogP contribution in [0.1, 0.15) is 33.9 Å². The summed E-state index contributed by atoms with van der Waals surface area (Å²) in [4.78, 5) is 0. The molecule has 4 heteroatoms. The number of aliphatic hydroxyl groups is 1. The Balaban J connectivity index is 2.13. The van der Waals surface area contributed by atoms with E-state index in [1.807, 2.05) is 32.0 Å². The third-order valence-corrected chi connectivity index (χ3v) is 3.62. The molecule has 0 aliphatic carbocycles. The molecule has 0 aliphatic heterocycles. The van der Waals surface area contributed by atoms with Gasteiger partial charge in [0.1, 0.15) is 0 Å². The Labute approximate surface area is 122 Å². The number of aliphatic hydroxyl groups excluding tert-OH is 1. The van der Waals surface area contributed by atoms with Gasteiger partial charge in [0.15, 0.2) is 0 Å². The van der Waals surface area contributed by atoms with E-state index >= 15 is 0 Å². The lowest BCUT2D eigenvalue weighted by Crippen LogP contribution is -2.06. The lowest BCUT2D eigenvalue weighted by atomic mass is 9.98. The summed E-state index contributed by atoms with van der Waals surface area (Å²) in [5, 5.41) is 10.1. The van der Waals surface area contributed by atoms with Crippen molar-refractivity contribution in [1.82, 2.24) is 0 Å². The average Bonchev–Trinajstić information content (AvgIpc) is 2.42. The third kappa shape index (κ3) is 3.85. The van der Waals surface area contributed by atoms with Crippen LogP contribution in [-0.4, -0.2) is 5.11 Å². The number of benzene rings is 2. The minimum Gasteiger partial charge on any atom is -0.388 e. The van der Waals surface area contributed by atoms with Crippen LogP contribution in [0.2, 0.25) is 0 Å². The second kappa shape index (κ2) is 5.90. The summed E-state index contributed by atoms with van der Waals surface area (Å²) < 4.78 is 37.5. The molecule has 0 aliphatic rings. The molecule has 0 saturated carbocycles. The Bertz CT molecular complexity index is 615. The lowest BCUT2D eigenvalue weighted by Gasteiger charge is -2.13. The summed E-state index contributed by atoms with van der Waals surface area (Å²) >= 11 is 0. The Kier molecular flexibility index (Phi) is 4.37. The molecule has 0 spiro atoms. The van der Waals surface area contributed by atoms with Crippen LogP contribution in [-0.2, 0) is 12.6 Å². The lowest BCUT2D eigenvalue weighted by molar-refractivity contribution is -0.137. The van der Waals surface area contributed by atoms with E-state index in [1.54, 1.807) is 0 Å². The second-order valence-electron chi connectivity index (χ2n) is 5.26. The van der Waals surface area contributed by atoms with Crippen molar-refractivity contribution in [3.8, 4) is 0 Å². The highest BCUT2D eigenvalue weighted by Gasteiger charge is 2.30. The predicted molar refractivity (Wildman–Crippen MR) is 76.0 cm³/mol. The number of hydrogen-bond acceptors (Lipinski definition) is 1. The van der Waals surface area contributed by atoms with Crippen molar-refractivity contribution in [3.05, 3.63) is 70.3 Å². The fourth-order valence-corrected chi connectivity index (χ4v) is 2.17. The van der Waals surface area contributed by atoms with Crippen LogP contribution in [0.3, 0.4) is 0 Å². The Morgan fingerprint density at radius 2 is 1.57 bits per heavy atom. The van der Waals surface area contributed by atoms with Gasteiger partial charge in [0.25, 0.3) is 0 Å². The van der Waals surface area contributed by atoms with Crippen molar-refractivity contribution in [1.29, 1.82) is 0 Å². The Morgan fingerprint density at radius 3 is 2.10 bits per heavy atom. The summed E-state index contributed by atoms with van der Waals surface area (Å²) in [6.07, 6.45) is -4.78. The molecule has 2 rings (SSSR count). The number of alkyl halides is 3. The highest BCUT2D eigenvalue weighted by atomic mass is 19.4. The minimum absolute atomic E-state index is 0.381. The molecule has 2 aromatic rings. The molecule has 0 fully saturated rings. The van der Waals surface area contributed by atoms with E-state index in [1.165, 1.54) is 17.7 Å². The van der Waals surface area contributed by atoms with Crippen LogP contribution in [0.15, 0.2) is 42.5 Å². The quantitative estimate of drug-likeness (QED) is 0.877. The maximum absolute atomic E-state index is 12.5. The zero-order valence-electron chi connectivity index (χ0n) is 11.9. The normalized spacial score (nSPS) is 13.2. The molecule has 0 radical (unpaired) electrons. The van der Waals surface area contributed by atoms with Gasteiger partial charge in [-0.1, -0.05) is 30.3 Å². The monoisotopic (exact) mass is 294 g/mol. The van der Waals surface area contributed by atoms with Gasteiger partial charge in [0, 0.05) is 6.42 Å². The molecule has 0 bridgehead atoms. The van der Waals surface area contributed by atoms with E-state index in [-0.39, 0.29) is 0 Å². The van der Waals surface area contributed by atoms with E-state index in [0.717, 1.165) is 23.3 Å². The first-order chi connectivity index (χ1) is 9.77. The molecular formula is C17H17F3O. The van der Waals surface area contributed by atoms with Gasteiger partial charge in [-0.25, -0.2) is 0 Å². The van der Waals surface area contributed by atoms with Crippen molar-refractivity contribution < 1.29 is 18.3 Å². The molecule has 1 nitrogen and oxygen atoms in total. The first-order valence-electron chi connectivity index (χ1n) is 6.69. The van der Waals surface area contributed by atoms with Crippen LogP contribution in [0, 0.1) is 13.8 Å². The van der Waals surface area contributed by atoms with Gasteiger partial charge in [-0.3, -0.25) is 0 Å². The zero-order chi connectivity index (χ0) is 15.6. The summed E-state index contributed by atoms with van der Waals surface area (Å²) in [7, 11) is 0. The second-order valence-corrected chi connectivity index (χ2v) is 5.26. The molecule has 21 heavy (non-hydrogen) atoms. The number of halogens is 3. The van der Waals surface area contributed by atoms with Crippen molar-refractivity contribution in [2.45, 2.75) is 32.5 Å². The summed E-state index contributed by atoms with van der Waals surface area (Å²) in [6, 6.07) is 10.5. The van der Waals surface area contributed by atoms with Crippen molar-refractivity contribution >= 4 is 0 Å². The molecule has 1 atom stereocenters. The first-order valence-corrected chi connectivity index (χ1v) is 6.69. The predicted octanol–water partition coefficient (Wildman–Crippen LogP) is 4.60. The van der Waals surface area contributed by atoms with Gasteiger partial charge < -0.3 is 5.11 Å². The topological polar surface area (TPSA) is 20.2 Å². The molecule has 0 amide bonds.